The Labute approximate surface area is 206 Å². The van der Waals surface area contributed by atoms with Gasteiger partial charge in [-0.3, -0.25) is 9.59 Å². The first-order valence-electron chi connectivity index (χ1n) is 10.7. The summed E-state index contributed by atoms with van der Waals surface area (Å²) in [5, 5.41) is 15.1. The van der Waals surface area contributed by atoms with Gasteiger partial charge in [-0.25, -0.2) is 0 Å². The van der Waals surface area contributed by atoms with Crippen LogP contribution < -0.4 is 10.6 Å². The molecule has 0 aliphatic rings. The van der Waals surface area contributed by atoms with Crippen LogP contribution in [0, 0.1) is 20.8 Å². The highest BCUT2D eigenvalue weighted by molar-refractivity contribution is 9.10. The van der Waals surface area contributed by atoms with Crippen molar-refractivity contribution in [2.45, 2.75) is 52.4 Å². The smallest absolute Gasteiger partial charge is 0.251 e. The number of carbonyl (C=O) groups excluding carboxylic acids is 2. The van der Waals surface area contributed by atoms with Crippen molar-refractivity contribution in [3.05, 3.63) is 68.9 Å². The van der Waals surface area contributed by atoms with Crippen molar-refractivity contribution in [3.63, 3.8) is 0 Å². The van der Waals surface area contributed by atoms with E-state index in [9.17, 15) is 9.59 Å². The average Bonchev–Trinajstić information content (AvgIpc) is 3.19. The molecule has 1 aromatic heterocycles. The SMILES string of the molecule is CCn1c(SCC(=O)Nc2cc(C)c(C)cc2Br)nnc1[C@@H](C)NC(=O)c1ccc(C)cc1. The predicted molar refractivity (Wildman–Crippen MR) is 136 cm³/mol. The Morgan fingerprint density at radius 2 is 1.76 bits per heavy atom. The third kappa shape index (κ3) is 6.23. The fourth-order valence-corrected chi connectivity index (χ4v) is 4.63. The molecular weight excluding hydrogens is 502 g/mol. The number of anilines is 1. The van der Waals surface area contributed by atoms with E-state index in [-0.39, 0.29) is 23.6 Å². The maximum absolute atomic E-state index is 12.6. The van der Waals surface area contributed by atoms with Gasteiger partial charge in [0.05, 0.1) is 17.5 Å². The van der Waals surface area contributed by atoms with Gasteiger partial charge in [0.15, 0.2) is 11.0 Å². The van der Waals surface area contributed by atoms with Crippen molar-refractivity contribution in [1.82, 2.24) is 20.1 Å². The number of benzene rings is 2. The largest absolute Gasteiger partial charge is 0.342 e. The zero-order valence-electron chi connectivity index (χ0n) is 19.4. The first-order valence-corrected chi connectivity index (χ1v) is 12.5. The van der Waals surface area contributed by atoms with Crippen LogP contribution >= 0.6 is 27.7 Å². The van der Waals surface area contributed by atoms with Crippen LogP contribution in [0.5, 0.6) is 0 Å². The van der Waals surface area contributed by atoms with Gasteiger partial charge < -0.3 is 15.2 Å². The van der Waals surface area contributed by atoms with Gasteiger partial charge in [-0.15, -0.1) is 10.2 Å². The van der Waals surface area contributed by atoms with Crippen molar-refractivity contribution >= 4 is 45.2 Å². The Morgan fingerprint density at radius 3 is 2.42 bits per heavy atom. The van der Waals surface area contributed by atoms with E-state index in [2.05, 4.69) is 36.8 Å². The summed E-state index contributed by atoms with van der Waals surface area (Å²) >= 11 is 4.82. The second-order valence-electron chi connectivity index (χ2n) is 7.90. The van der Waals surface area contributed by atoms with E-state index in [1.807, 2.05) is 63.5 Å². The van der Waals surface area contributed by atoms with E-state index in [1.54, 1.807) is 12.1 Å². The standard InChI is InChI=1S/C24H28BrN5O2S/c1-6-30-22(17(5)26-23(32)18-9-7-14(2)8-10-18)28-29-24(30)33-13-21(31)27-20-12-16(4)15(3)11-19(20)25/h7-12,17H,6,13H2,1-5H3,(H,26,32)(H,27,31)/t17-/m1/s1. The molecule has 3 aromatic rings. The molecule has 9 heteroatoms. The number of aromatic nitrogens is 3. The molecule has 0 saturated heterocycles. The molecule has 174 valence electrons. The lowest BCUT2D eigenvalue weighted by Gasteiger charge is -2.15. The number of nitrogens with zero attached hydrogens (tertiary/aromatic N) is 3. The number of aryl methyl sites for hydroxylation is 3. The van der Waals surface area contributed by atoms with E-state index in [0.717, 1.165) is 26.9 Å². The third-order valence-corrected chi connectivity index (χ3v) is 6.92. The number of hydrogen-bond acceptors (Lipinski definition) is 5. The molecule has 0 bridgehead atoms. The number of carbonyl (C=O) groups is 2. The van der Waals surface area contributed by atoms with E-state index in [4.69, 9.17) is 0 Å². The first-order chi connectivity index (χ1) is 15.7. The Hall–Kier alpha value is -2.65. The maximum atomic E-state index is 12.6. The molecule has 2 amide bonds. The molecular formula is C24H28BrN5O2S. The fourth-order valence-electron chi connectivity index (χ4n) is 3.27. The van der Waals surface area contributed by atoms with Crippen molar-refractivity contribution in [2.24, 2.45) is 0 Å². The summed E-state index contributed by atoms with van der Waals surface area (Å²) < 4.78 is 2.77. The van der Waals surface area contributed by atoms with Crippen molar-refractivity contribution < 1.29 is 9.59 Å². The van der Waals surface area contributed by atoms with E-state index >= 15 is 0 Å². The highest BCUT2D eigenvalue weighted by atomic mass is 79.9. The lowest BCUT2D eigenvalue weighted by Crippen LogP contribution is -2.28. The molecule has 0 aliphatic carbocycles. The third-order valence-electron chi connectivity index (χ3n) is 5.30. The number of halogens is 1. The molecule has 1 heterocycles. The molecule has 33 heavy (non-hydrogen) atoms. The fraction of sp³-hybridized carbons (Fsp3) is 0.333. The van der Waals surface area contributed by atoms with E-state index in [0.29, 0.717) is 23.1 Å². The van der Waals surface area contributed by atoms with Crippen LogP contribution in [-0.2, 0) is 11.3 Å². The first kappa shape index (κ1) is 25.0. The van der Waals surface area contributed by atoms with E-state index < -0.39 is 0 Å². The summed E-state index contributed by atoms with van der Waals surface area (Å²) in [7, 11) is 0. The highest BCUT2D eigenvalue weighted by Crippen LogP contribution is 2.27. The molecule has 7 nitrogen and oxygen atoms in total. The molecule has 0 unspecified atom stereocenters. The number of nitrogens with one attached hydrogen (secondary N) is 2. The minimum absolute atomic E-state index is 0.128. The number of thioether (sulfide) groups is 1. The van der Waals surface area contributed by atoms with Gasteiger partial charge >= 0.3 is 0 Å². The number of rotatable bonds is 8. The summed E-state index contributed by atoms with van der Waals surface area (Å²) in [5.74, 6) is 0.553. The zero-order chi connectivity index (χ0) is 24.1. The second kappa shape index (κ2) is 11.0. The van der Waals surface area contributed by atoms with Crippen LogP contribution in [0.15, 0.2) is 46.0 Å². The van der Waals surface area contributed by atoms with Crippen molar-refractivity contribution in [3.8, 4) is 0 Å². The molecule has 0 spiro atoms. The van der Waals surface area contributed by atoms with Gasteiger partial charge in [0, 0.05) is 16.6 Å². The maximum Gasteiger partial charge on any atom is 0.251 e. The van der Waals surface area contributed by atoms with Crippen LogP contribution in [0.25, 0.3) is 0 Å². The monoisotopic (exact) mass is 529 g/mol. The minimum atomic E-state index is -0.332. The quantitative estimate of drug-likeness (QED) is 0.391. The predicted octanol–water partition coefficient (Wildman–Crippen LogP) is 5.21. The van der Waals surface area contributed by atoms with Gasteiger partial charge in [0.25, 0.3) is 5.91 Å². The van der Waals surface area contributed by atoms with Crippen molar-refractivity contribution in [2.75, 3.05) is 11.1 Å². The molecule has 2 aromatic carbocycles. The number of hydrogen-bond donors (Lipinski definition) is 2. The Bertz CT molecular complexity index is 1160. The van der Waals surface area contributed by atoms with Gasteiger partial charge in [-0.2, -0.15) is 0 Å². The van der Waals surface area contributed by atoms with Gasteiger partial charge in [0.2, 0.25) is 5.91 Å². The molecule has 1 atom stereocenters. The Balaban J connectivity index is 1.64. The van der Waals surface area contributed by atoms with Crippen LogP contribution in [0.2, 0.25) is 0 Å². The van der Waals surface area contributed by atoms with Crippen molar-refractivity contribution in [1.29, 1.82) is 0 Å². The van der Waals surface area contributed by atoms with Crippen LogP contribution in [0.1, 0.15) is 52.8 Å². The summed E-state index contributed by atoms with van der Waals surface area (Å²) in [5.41, 5.74) is 4.70. The summed E-state index contributed by atoms with van der Waals surface area (Å²) in [6, 6.07) is 11.0. The minimum Gasteiger partial charge on any atom is -0.342 e. The highest BCUT2D eigenvalue weighted by Gasteiger charge is 2.20. The summed E-state index contributed by atoms with van der Waals surface area (Å²) in [4.78, 5) is 25.1. The molecule has 0 aliphatic heterocycles. The molecule has 3 rings (SSSR count). The molecule has 2 N–H and O–H groups in total. The topological polar surface area (TPSA) is 88.9 Å². The van der Waals surface area contributed by atoms with Gasteiger partial charge in [0.1, 0.15) is 0 Å². The van der Waals surface area contributed by atoms with Gasteiger partial charge in [-0.1, -0.05) is 29.5 Å². The molecule has 0 radical (unpaired) electrons. The molecule has 0 saturated carbocycles. The summed E-state index contributed by atoms with van der Waals surface area (Å²) in [6.45, 7) is 10.5. The normalized spacial score (nSPS) is 11.8. The number of amides is 2. The second-order valence-corrected chi connectivity index (χ2v) is 9.70. The molecule has 0 fully saturated rings. The van der Waals surface area contributed by atoms with E-state index in [1.165, 1.54) is 11.8 Å². The summed E-state index contributed by atoms with van der Waals surface area (Å²) in [6.07, 6.45) is 0. The van der Waals surface area contributed by atoms with Gasteiger partial charge in [-0.05, 0) is 85.9 Å². The average molecular weight is 530 g/mol. The lowest BCUT2D eigenvalue weighted by molar-refractivity contribution is -0.113. The van der Waals surface area contributed by atoms with Crippen LogP contribution in [0.4, 0.5) is 5.69 Å². The lowest BCUT2D eigenvalue weighted by atomic mass is 10.1. The Morgan fingerprint density at radius 1 is 1.09 bits per heavy atom. The Kier molecular flexibility index (Phi) is 8.31. The van der Waals surface area contributed by atoms with Crippen LogP contribution in [0.3, 0.4) is 0 Å². The van der Waals surface area contributed by atoms with Crippen LogP contribution in [-0.4, -0.2) is 32.3 Å². The zero-order valence-corrected chi connectivity index (χ0v) is 21.8.